The third-order valence-electron chi connectivity index (χ3n) is 2.63. The minimum Gasteiger partial charge on any atom is -0.398 e. The number of nitrogens with zero attached hydrogens (tertiary/aromatic N) is 3. The molecule has 3 aromatic rings. The lowest BCUT2D eigenvalue weighted by atomic mass is 10.3. The Bertz CT molecular complexity index is 699. The molecule has 0 atom stereocenters. The number of pyridine rings is 1. The van der Waals surface area contributed by atoms with E-state index in [1.807, 2.05) is 42.5 Å². The zero-order chi connectivity index (χ0) is 13.8. The monoisotopic (exact) mass is 284 g/mol. The molecule has 0 amide bonds. The van der Waals surface area contributed by atoms with Gasteiger partial charge in [-0.1, -0.05) is 23.4 Å². The minimum atomic E-state index is 0.502. The van der Waals surface area contributed by atoms with Crippen LogP contribution in [0.1, 0.15) is 5.89 Å². The summed E-state index contributed by atoms with van der Waals surface area (Å²) >= 11 is 1.57. The zero-order valence-corrected chi connectivity index (χ0v) is 11.4. The van der Waals surface area contributed by atoms with Crippen LogP contribution in [0, 0.1) is 0 Å². The Morgan fingerprint density at radius 3 is 2.75 bits per heavy atom. The van der Waals surface area contributed by atoms with Crippen molar-refractivity contribution in [1.29, 1.82) is 0 Å². The molecule has 2 N–H and O–H groups in total. The van der Waals surface area contributed by atoms with Crippen LogP contribution < -0.4 is 5.73 Å². The Labute approximate surface area is 120 Å². The van der Waals surface area contributed by atoms with Gasteiger partial charge < -0.3 is 10.3 Å². The topological polar surface area (TPSA) is 77.8 Å². The number of para-hydroxylation sites is 1. The fourth-order valence-corrected chi connectivity index (χ4v) is 2.47. The summed E-state index contributed by atoms with van der Waals surface area (Å²) < 4.78 is 5.22. The molecule has 20 heavy (non-hydrogen) atoms. The van der Waals surface area contributed by atoms with Crippen molar-refractivity contribution in [3.8, 4) is 11.5 Å². The Balaban J connectivity index is 1.71. The Morgan fingerprint density at radius 1 is 1.10 bits per heavy atom. The molecule has 0 bridgehead atoms. The number of anilines is 1. The van der Waals surface area contributed by atoms with Gasteiger partial charge in [0, 0.05) is 16.8 Å². The van der Waals surface area contributed by atoms with E-state index in [2.05, 4.69) is 15.1 Å². The lowest BCUT2D eigenvalue weighted by Gasteiger charge is -2.01. The van der Waals surface area contributed by atoms with Crippen molar-refractivity contribution in [2.24, 2.45) is 0 Å². The number of hydrogen-bond donors (Lipinski definition) is 1. The van der Waals surface area contributed by atoms with Crippen molar-refractivity contribution >= 4 is 17.4 Å². The average Bonchev–Trinajstić information content (AvgIpc) is 2.96. The summed E-state index contributed by atoms with van der Waals surface area (Å²) in [6, 6.07) is 13.3. The molecule has 0 saturated heterocycles. The van der Waals surface area contributed by atoms with Crippen molar-refractivity contribution in [1.82, 2.24) is 15.1 Å². The molecule has 0 aliphatic rings. The number of benzene rings is 1. The molecule has 6 heteroatoms. The number of thioether (sulfide) groups is 1. The SMILES string of the molecule is Nc1ccccc1SCc1nc(-c2ccccn2)no1. The van der Waals surface area contributed by atoms with E-state index >= 15 is 0 Å². The Morgan fingerprint density at radius 2 is 1.95 bits per heavy atom. The third-order valence-corrected chi connectivity index (χ3v) is 3.71. The largest absolute Gasteiger partial charge is 0.398 e. The van der Waals surface area contributed by atoms with Gasteiger partial charge in [0.2, 0.25) is 11.7 Å². The van der Waals surface area contributed by atoms with Crippen LogP contribution in [-0.2, 0) is 5.75 Å². The molecular weight excluding hydrogens is 272 g/mol. The van der Waals surface area contributed by atoms with Crippen molar-refractivity contribution in [3.63, 3.8) is 0 Å². The molecule has 0 unspecified atom stereocenters. The highest BCUT2D eigenvalue weighted by molar-refractivity contribution is 7.98. The van der Waals surface area contributed by atoms with Gasteiger partial charge >= 0.3 is 0 Å². The van der Waals surface area contributed by atoms with Gasteiger partial charge in [0.1, 0.15) is 5.69 Å². The summed E-state index contributed by atoms with van der Waals surface area (Å²) in [6.07, 6.45) is 1.70. The predicted octanol–water partition coefficient (Wildman–Crippen LogP) is 3.01. The number of aromatic nitrogens is 3. The molecule has 1 aromatic carbocycles. The predicted molar refractivity (Wildman–Crippen MR) is 77.9 cm³/mol. The van der Waals surface area contributed by atoms with Gasteiger partial charge in [0.15, 0.2) is 0 Å². The van der Waals surface area contributed by atoms with E-state index < -0.39 is 0 Å². The van der Waals surface area contributed by atoms with Crippen LogP contribution in [0.4, 0.5) is 5.69 Å². The van der Waals surface area contributed by atoms with Crippen LogP contribution in [0.2, 0.25) is 0 Å². The second-order valence-electron chi connectivity index (χ2n) is 4.05. The summed E-state index contributed by atoms with van der Waals surface area (Å²) in [5.41, 5.74) is 7.34. The van der Waals surface area contributed by atoms with Gasteiger partial charge in [0.05, 0.1) is 5.75 Å². The maximum Gasteiger partial charge on any atom is 0.237 e. The molecule has 100 valence electrons. The average molecular weight is 284 g/mol. The quantitative estimate of drug-likeness (QED) is 0.586. The Hall–Kier alpha value is -2.34. The third kappa shape index (κ3) is 2.80. The first-order chi connectivity index (χ1) is 9.83. The van der Waals surface area contributed by atoms with Gasteiger partial charge in [-0.3, -0.25) is 4.98 Å². The second kappa shape index (κ2) is 5.75. The normalized spacial score (nSPS) is 10.6. The molecule has 0 fully saturated rings. The van der Waals surface area contributed by atoms with Gasteiger partial charge in [-0.2, -0.15) is 4.98 Å². The smallest absolute Gasteiger partial charge is 0.237 e. The molecule has 5 nitrogen and oxygen atoms in total. The van der Waals surface area contributed by atoms with Crippen molar-refractivity contribution in [3.05, 3.63) is 54.6 Å². The number of rotatable bonds is 4. The van der Waals surface area contributed by atoms with Gasteiger partial charge in [-0.05, 0) is 24.3 Å². The Kier molecular flexibility index (Phi) is 3.64. The molecule has 3 rings (SSSR count). The van der Waals surface area contributed by atoms with Crippen molar-refractivity contribution in [2.45, 2.75) is 10.6 Å². The summed E-state index contributed by atoms with van der Waals surface area (Å²) in [5, 5.41) is 3.93. The first kappa shape index (κ1) is 12.7. The number of nitrogens with two attached hydrogens (primary N) is 1. The van der Waals surface area contributed by atoms with Gasteiger partial charge in [0.25, 0.3) is 0 Å². The minimum absolute atomic E-state index is 0.502. The van der Waals surface area contributed by atoms with Crippen LogP contribution >= 0.6 is 11.8 Å². The molecule has 0 saturated carbocycles. The number of hydrogen-bond acceptors (Lipinski definition) is 6. The molecular formula is C14H12N4OS. The number of nitrogen functional groups attached to an aromatic ring is 1. The van der Waals surface area contributed by atoms with Crippen molar-refractivity contribution in [2.75, 3.05) is 5.73 Å². The van der Waals surface area contributed by atoms with Crippen molar-refractivity contribution < 1.29 is 4.52 Å². The van der Waals surface area contributed by atoms with Crippen LogP contribution in [0.15, 0.2) is 58.1 Å². The molecule has 0 spiro atoms. The lowest BCUT2D eigenvalue weighted by Crippen LogP contribution is -1.88. The summed E-state index contributed by atoms with van der Waals surface area (Å²) in [5.74, 6) is 1.63. The second-order valence-corrected chi connectivity index (χ2v) is 5.07. The van der Waals surface area contributed by atoms with E-state index in [9.17, 15) is 0 Å². The molecule has 2 aromatic heterocycles. The summed E-state index contributed by atoms with van der Waals surface area (Å²) in [4.78, 5) is 9.51. The summed E-state index contributed by atoms with van der Waals surface area (Å²) in [7, 11) is 0. The van der Waals surface area contributed by atoms with E-state index in [0.717, 1.165) is 10.6 Å². The van der Waals surface area contributed by atoms with E-state index in [0.29, 0.717) is 23.2 Å². The first-order valence-corrected chi connectivity index (χ1v) is 7.03. The van der Waals surface area contributed by atoms with E-state index in [1.165, 1.54) is 0 Å². The van der Waals surface area contributed by atoms with Gasteiger partial charge in [-0.25, -0.2) is 0 Å². The fraction of sp³-hybridized carbons (Fsp3) is 0.0714. The summed E-state index contributed by atoms with van der Waals surface area (Å²) in [6.45, 7) is 0. The molecule has 0 aliphatic carbocycles. The standard InChI is InChI=1S/C14H12N4OS/c15-10-5-1-2-7-12(10)20-9-13-17-14(18-19-13)11-6-3-4-8-16-11/h1-8H,9,15H2. The molecule has 0 radical (unpaired) electrons. The van der Waals surface area contributed by atoms with Crippen LogP contribution in [0.5, 0.6) is 0 Å². The molecule has 2 heterocycles. The van der Waals surface area contributed by atoms with Crippen LogP contribution in [0.25, 0.3) is 11.5 Å². The maximum absolute atomic E-state index is 5.88. The van der Waals surface area contributed by atoms with E-state index in [1.54, 1.807) is 18.0 Å². The highest BCUT2D eigenvalue weighted by Crippen LogP contribution is 2.27. The zero-order valence-electron chi connectivity index (χ0n) is 10.6. The van der Waals surface area contributed by atoms with Gasteiger partial charge in [-0.15, -0.1) is 11.8 Å². The molecule has 0 aliphatic heterocycles. The lowest BCUT2D eigenvalue weighted by molar-refractivity contribution is 0.391. The fourth-order valence-electron chi connectivity index (χ4n) is 1.66. The van der Waals surface area contributed by atoms with Crippen LogP contribution in [0.3, 0.4) is 0 Å². The highest BCUT2D eigenvalue weighted by Gasteiger charge is 2.10. The van der Waals surface area contributed by atoms with E-state index in [4.69, 9.17) is 10.3 Å². The van der Waals surface area contributed by atoms with E-state index in [-0.39, 0.29) is 0 Å². The maximum atomic E-state index is 5.88. The first-order valence-electron chi connectivity index (χ1n) is 6.04. The van der Waals surface area contributed by atoms with Crippen LogP contribution in [-0.4, -0.2) is 15.1 Å². The highest BCUT2D eigenvalue weighted by atomic mass is 32.2.